The normalized spacial score (nSPS) is 10.5. The summed E-state index contributed by atoms with van der Waals surface area (Å²) in [6, 6.07) is 13.3. The minimum atomic E-state index is -0.587. The Morgan fingerprint density at radius 1 is 1.00 bits per heavy atom. The first-order valence-corrected chi connectivity index (χ1v) is 9.02. The lowest BCUT2D eigenvalue weighted by Gasteiger charge is -2.11. The SMILES string of the molecule is COc1ccc(-n2c(C)cc(C(=O)Nc3cc(NC(C)=O)ccc3F)c2C)cc1. The van der Waals surface area contributed by atoms with Crippen molar-refractivity contribution in [3.05, 3.63) is 71.3 Å². The molecule has 0 bridgehead atoms. The Bertz CT molecular complexity index is 1070. The molecule has 1 heterocycles. The van der Waals surface area contributed by atoms with Crippen molar-refractivity contribution < 1.29 is 18.7 Å². The maximum absolute atomic E-state index is 14.2. The van der Waals surface area contributed by atoms with Gasteiger partial charge in [0.05, 0.1) is 18.4 Å². The second kappa shape index (κ2) is 8.18. The molecule has 0 radical (unpaired) electrons. The van der Waals surface area contributed by atoms with E-state index in [1.54, 1.807) is 13.2 Å². The van der Waals surface area contributed by atoms with Crippen LogP contribution in [0.15, 0.2) is 48.5 Å². The zero-order valence-electron chi connectivity index (χ0n) is 16.7. The quantitative estimate of drug-likeness (QED) is 0.670. The molecule has 0 atom stereocenters. The third kappa shape index (κ3) is 4.29. The number of methoxy groups -OCH3 is 1. The summed E-state index contributed by atoms with van der Waals surface area (Å²) in [6.45, 7) is 5.08. The summed E-state index contributed by atoms with van der Waals surface area (Å²) in [6.07, 6.45) is 0. The van der Waals surface area contributed by atoms with Crippen molar-refractivity contribution in [2.24, 2.45) is 0 Å². The molecule has 2 amide bonds. The number of benzene rings is 2. The molecule has 3 rings (SSSR count). The Balaban J connectivity index is 1.90. The van der Waals surface area contributed by atoms with E-state index in [-0.39, 0.29) is 11.6 Å². The summed E-state index contributed by atoms with van der Waals surface area (Å²) >= 11 is 0. The largest absolute Gasteiger partial charge is 0.497 e. The molecule has 29 heavy (non-hydrogen) atoms. The Labute approximate surface area is 168 Å². The van der Waals surface area contributed by atoms with E-state index in [9.17, 15) is 14.0 Å². The van der Waals surface area contributed by atoms with Crippen molar-refractivity contribution in [3.63, 3.8) is 0 Å². The lowest BCUT2D eigenvalue weighted by molar-refractivity contribution is -0.114. The van der Waals surface area contributed by atoms with Crippen LogP contribution in [0.4, 0.5) is 15.8 Å². The number of ether oxygens (including phenoxy) is 1. The molecule has 7 heteroatoms. The predicted molar refractivity (Wildman–Crippen MR) is 110 cm³/mol. The van der Waals surface area contributed by atoms with Crippen molar-refractivity contribution in [2.75, 3.05) is 17.7 Å². The van der Waals surface area contributed by atoms with Crippen LogP contribution < -0.4 is 15.4 Å². The van der Waals surface area contributed by atoms with Crippen LogP contribution in [-0.4, -0.2) is 23.5 Å². The molecule has 6 nitrogen and oxygen atoms in total. The zero-order chi connectivity index (χ0) is 21.1. The van der Waals surface area contributed by atoms with E-state index in [4.69, 9.17) is 4.74 Å². The van der Waals surface area contributed by atoms with E-state index in [1.807, 2.05) is 42.7 Å². The third-order valence-corrected chi connectivity index (χ3v) is 4.54. The summed E-state index contributed by atoms with van der Waals surface area (Å²) in [7, 11) is 1.60. The molecule has 3 aromatic rings. The monoisotopic (exact) mass is 395 g/mol. The summed E-state index contributed by atoms with van der Waals surface area (Å²) in [4.78, 5) is 24.0. The maximum Gasteiger partial charge on any atom is 0.257 e. The van der Waals surface area contributed by atoms with E-state index < -0.39 is 11.7 Å². The topological polar surface area (TPSA) is 72.4 Å². The highest BCUT2D eigenvalue weighted by Crippen LogP contribution is 2.25. The first kappa shape index (κ1) is 20.1. The molecule has 0 saturated heterocycles. The number of nitrogens with zero attached hydrogens (tertiary/aromatic N) is 1. The van der Waals surface area contributed by atoms with Crippen molar-refractivity contribution in [3.8, 4) is 11.4 Å². The van der Waals surface area contributed by atoms with Gasteiger partial charge in [0.1, 0.15) is 11.6 Å². The third-order valence-electron chi connectivity index (χ3n) is 4.54. The number of carbonyl (C=O) groups excluding carboxylic acids is 2. The molecule has 0 saturated carbocycles. The molecular weight excluding hydrogens is 373 g/mol. The van der Waals surface area contributed by atoms with Crippen LogP contribution in [0.1, 0.15) is 28.7 Å². The van der Waals surface area contributed by atoms with Gasteiger partial charge in [-0.3, -0.25) is 9.59 Å². The molecule has 0 aliphatic carbocycles. The maximum atomic E-state index is 14.2. The van der Waals surface area contributed by atoms with Crippen LogP contribution in [0, 0.1) is 19.7 Å². The molecule has 150 valence electrons. The van der Waals surface area contributed by atoms with Crippen LogP contribution in [-0.2, 0) is 4.79 Å². The smallest absolute Gasteiger partial charge is 0.257 e. The first-order chi connectivity index (χ1) is 13.8. The van der Waals surface area contributed by atoms with Crippen LogP contribution in [0.5, 0.6) is 5.75 Å². The minimum absolute atomic E-state index is 0.00417. The van der Waals surface area contributed by atoms with Gasteiger partial charge >= 0.3 is 0 Å². The van der Waals surface area contributed by atoms with Crippen LogP contribution in [0.3, 0.4) is 0 Å². The lowest BCUT2D eigenvalue weighted by Crippen LogP contribution is -2.15. The summed E-state index contributed by atoms with van der Waals surface area (Å²) in [5.41, 5.74) is 3.31. The number of aromatic nitrogens is 1. The Hall–Kier alpha value is -3.61. The Morgan fingerprint density at radius 2 is 1.69 bits per heavy atom. The van der Waals surface area contributed by atoms with Crippen LogP contribution in [0.2, 0.25) is 0 Å². The van der Waals surface area contributed by atoms with Gasteiger partial charge < -0.3 is 19.9 Å². The van der Waals surface area contributed by atoms with Gasteiger partial charge in [0.15, 0.2) is 0 Å². The standard InChI is InChI=1S/C22H22FN3O3/c1-13-11-19(14(2)26(13)17-6-8-18(29-4)9-7-17)22(28)25-21-12-16(24-15(3)27)5-10-20(21)23/h5-12H,1-4H3,(H,24,27)(H,25,28). The fourth-order valence-electron chi connectivity index (χ4n) is 3.21. The van der Waals surface area contributed by atoms with Crippen molar-refractivity contribution in [1.82, 2.24) is 4.57 Å². The minimum Gasteiger partial charge on any atom is -0.497 e. The number of aryl methyl sites for hydroxylation is 1. The van der Waals surface area contributed by atoms with Crippen LogP contribution >= 0.6 is 0 Å². The molecule has 0 aliphatic rings. The average molecular weight is 395 g/mol. The van der Waals surface area contributed by atoms with Gasteiger partial charge in [-0.1, -0.05) is 0 Å². The summed E-state index contributed by atoms with van der Waals surface area (Å²) in [5.74, 6) is -0.561. The number of rotatable bonds is 5. The fourth-order valence-corrected chi connectivity index (χ4v) is 3.21. The zero-order valence-corrected chi connectivity index (χ0v) is 16.7. The van der Waals surface area contributed by atoms with Gasteiger partial charge in [-0.05, 0) is 62.4 Å². The van der Waals surface area contributed by atoms with Crippen LogP contribution in [0.25, 0.3) is 5.69 Å². The molecule has 0 unspecified atom stereocenters. The fraction of sp³-hybridized carbons (Fsp3) is 0.182. The highest BCUT2D eigenvalue weighted by molar-refractivity contribution is 6.06. The second-order valence-electron chi connectivity index (χ2n) is 6.65. The second-order valence-corrected chi connectivity index (χ2v) is 6.65. The number of carbonyl (C=O) groups is 2. The van der Waals surface area contributed by atoms with Crippen molar-refractivity contribution in [1.29, 1.82) is 0 Å². The number of hydrogen-bond donors (Lipinski definition) is 2. The highest BCUT2D eigenvalue weighted by Gasteiger charge is 2.18. The average Bonchev–Trinajstić information content (AvgIpc) is 2.98. The van der Waals surface area contributed by atoms with Gasteiger partial charge in [-0.15, -0.1) is 0 Å². The highest BCUT2D eigenvalue weighted by atomic mass is 19.1. The molecule has 0 fully saturated rings. The van der Waals surface area contributed by atoms with Gasteiger partial charge in [-0.25, -0.2) is 4.39 Å². The van der Waals surface area contributed by atoms with E-state index in [1.165, 1.54) is 25.1 Å². The van der Waals surface area contributed by atoms with E-state index in [2.05, 4.69) is 10.6 Å². The number of anilines is 2. The molecule has 1 aromatic heterocycles. The number of amides is 2. The van der Waals surface area contributed by atoms with E-state index in [0.717, 1.165) is 22.8 Å². The lowest BCUT2D eigenvalue weighted by atomic mass is 10.2. The number of halogens is 1. The Morgan fingerprint density at radius 3 is 2.31 bits per heavy atom. The van der Waals surface area contributed by atoms with Crippen molar-refractivity contribution >= 4 is 23.2 Å². The Kier molecular flexibility index (Phi) is 5.68. The van der Waals surface area contributed by atoms with Gasteiger partial charge in [0, 0.05) is 29.7 Å². The van der Waals surface area contributed by atoms with Gasteiger partial charge in [0.2, 0.25) is 5.91 Å². The van der Waals surface area contributed by atoms with E-state index >= 15 is 0 Å². The molecule has 0 aliphatic heterocycles. The summed E-state index contributed by atoms with van der Waals surface area (Å²) < 4.78 is 21.3. The summed E-state index contributed by atoms with van der Waals surface area (Å²) in [5, 5.41) is 5.16. The first-order valence-electron chi connectivity index (χ1n) is 9.02. The van der Waals surface area contributed by atoms with Crippen molar-refractivity contribution in [2.45, 2.75) is 20.8 Å². The van der Waals surface area contributed by atoms with E-state index in [0.29, 0.717) is 11.3 Å². The number of nitrogens with one attached hydrogen (secondary N) is 2. The predicted octanol–water partition coefficient (Wildman–Crippen LogP) is 4.45. The number of hydrogen-bond acceptors (Lipinski definition) is 3. The molecular formula is C22H22FN3O3. The van der Waals surface area contributed by atoms with Gasteiger partial charge in [-0.2, -0.15) is 0 Å². The molecule has 2 N–H and O–H groups in total. The molecule has 2 aromatic carbocycles. The van der Waals surface area contributed by atoms with Gasteiger partial charge in [0.25, 0.3) is 5.91 Å². The molecule has 0 spiro atoms.